The molecular formula is C25H36N2O2. The summed E-state index contributed by atoms with van der Waals surface area (Å²) in [4.78, 5) is 14.4. The molecular weight excluding hydrogens is 360 g/mol. The van der Waals surface area contributed by atoms with Crippen LogP contribution in [0.2, 0.25) is 0 Å². The van der Waals surface area contributed by atoms with Gasteiger partial charge < -0.3 is 10.4 Å². The number of anilines is 1. The van der Waals surface area contributed by atoms with E-state index in [0.717, 1.165) is 17.4 Å². The Morgan fingerprint density at radius 1 is 1.17 bits per heavy atom. The third-order valence-corrected chi connectivity index (χ3v) is 4.21. The standard InChI is InChI=1S/C14H19NO2.C11H17N/c1-5-6-13(12(3)10-17)14(15-4)8-7-11(2)9-16;1-11(2,3)9-5-7-10(12-4)8-6-9/h5-9,17H,4,10H2,1-3H3;5-8,12H,1-4H3/b6-5-,11-7+,13-12-,14-8-;. The smallest absolute Gasteiger partial charge is 0.145 e. The van der Waals surface area contributed by atoms with Crippen molar-refractivity contribution in [3.63, 3.8) is 0 Å². The molecule has 0 saturated carbocycles. The van der Waals surface area contributed by atoms with Gasteiger partial charge >= 0.3 is 0 Å². The van der Waals surface area contributed by atoms with Gasteiger partial charge in [-0.05, 0) is 67.8 Å². The van der Waals surface area contributed by atoms with Crippen LogP contribution < -0.4 is 5.32 Å². The van der Waals surface area contributed by atoms with E-state index in [-0.39, 0.29) is 12.0 Å². The summed E-state index contributed by atoms with van der Waals surface area (Å²) in [6.07, 6.45) is 7.88. The number of aliphatic hydroxyl groups excluding tert-OH is 1. The highest BCUT2D eigenvalue weighted by molar-refractivity contribution is 5.72. The molecule has 4 nitrogen and oxygen atoms in total. The Bertz CT molecular complexity index is 774. The molecule has 1 aromatic rings. The van der Waals surface area contributed by atoms with Gasteiger partial charge in [0, 0.05) is 18.3 Å². The molecule has 0 heterocycles. The minimum atomic E-state index is -0.0388. The molecule has 0 amide bonds. The Kier molecular flexibility index (Phi) is 12.2. The highest BCUT2D eigenvalue weighted by Gasteiger charge is 2.12. The lowest BCUT2D eigenvalue weighted by molar-refractivity contribution is -0.104. The topological polar surface area (TPSA) is 61.7 Å². The van der Waals surface area contributed by atoms with E-state index < -0.39 is 0 Å². The Labute approximate surface area is 176 Å². The Balaban J connectivity index is 0.000000571. The van der Waals surface area contributed by atoms with Gasteiger partial charge in [0.05, 0.1) is 12.3 Å². The van der Waals surface area contributed by atoms with Crippen molar-refractivity contribution < 1.29 is 9.90 Å². The second-order valence-corrected chi connectivity index (χ2v) is 7.67. The first kappa shape index (κ1) is 26.3. The number of nitrogens with one attached hydrogen (secondary N) is 1. The summed E-state index contributed by atoms with van der Waals surface area (Å²) in [7, 11) is 1.94. The summed E-state index contributed by atoms with van der Waals surface area (Å²) in [5, 5.41) is 12.3. The van der Waals surface area contributed by atoms with Crippen molar-refractivity contribution in [2.75, 3.05) is 19.0 Å². The number of carbonyl (C=O) groups is 1. The lowest BCUT2D eigenvalue weighted by Gasteiger charge is -2.18. The van der Waals surface area contributed by atoms with E-state index in [4.69, 9.17) is 5.11 Å². The molecule has 0 radical (unpaired) electrons. The zero-order valence-corrected chi connectivity index (χ0v) is 18.9. The summed E-state index contributed by atoms with van der Waals surface area (Å²) < 4.78 is 0. The molecule has 0 bridgehead atoms. The maximum absolute atomic E-state index is 10.5. The van der Waals surface area contributed by atoms with Crippen LogP contribution in [0.1, 0.15) is 47.1 Å². The average Bonchev–Trinajstić information content (AvgIpc) is 2.72. The molecule has 2 N–H and O–H groups in total. The fourth-order valence-electron chi connectivity index (χ4n) is 2.31. The first-order valence-electron chi connectivity index (χ1n) is 9.67. The SMILES string of the molecule is C=NC(=C\C=C(/C)C=O)/C(/C=C\C)=C(/C)CO.CNc1ccc(C(C)(C)C)cc1. The van der Waals surface area contributed by atoms with Gasteiger partial charge in [-0.1, -0.05) is 51.1 Å². The third kappa shape index (κ3) is 9.86. The summed E-state index contributed by atoms with van der Waals surface area (Å²) in [6.45, 7) is 15.6. The summed E-state index contributed by atoms with van der Waals surface area (Å²) in [6, 6.07) is 8.57. The van der Waals surface area contributed by atoms with Crippen molar-refractivity contribution in [2.24, 2.45) is 4.99 Å². The number of nitrogens with zero attached hydrogens (tertiary/aromatic N) is 1. The monoisotopic (exact) mass is 396 g/mol. The summed E-state index contributed by atoms with van der Waals surface area (Å²) >= 11 is 0. The molecule has 0 unspecified atom stereocenters. The minimum Gasteiger partial charge on any atom is -0.392 e. The van der Waals surface area contributed by atoms with Gasteiger partial charge in [0.1, 0.15) is 6.29 Å². The van der Waals surface area contributed by atoms with E-state index in [9.17, 15) is 4.79 Å². The van der Waals surface area contributed by atoms with Crippen LogP contribution in [-0.4, -0.2) is 31.8 Å². The highest BCUT2D eigenvalue weighted by Crippen LogP contribution is 2.23. The summed E-state index contributed by atoms with van der Waals surface area (Å²) in [5.74, 6) is 0. The van der Waals surface area contributed by atoms with E-state index in [1.54, 1.807) is 19.1 Å². The van der Waals surface area contributed by atoms with Crippen molar-refractivity contribution in [1.82, 2.24) is 0 Å². The number of allylic oxidation sites excluding steroid dienone is 5. The van der Waals surface area contributed by atoms with Crippen LogP contribution in [-0.2, 0) is 10.2 Å². The van der Waals surface area contributed by atoms with Gasteiger partial charge in [-0.3, -0.25) is 9.79 Å². The Morgan fingerprint density at radius 3 is 2.14 bits per heavy atom. The second kappa shape index (κ2) is 13.5. The molecule has 0 atom stereocenters. The fraction of sp³-hybridized carbons (Fsp3) is 0.360. The van der Waals surface area contributed by atoms with Crippen molar-refractivity contribution in [2.45, 2.75) is 47.0 Å². The van der Waals surface area contributed by atoms with Crippen molar-refractivity contribution in [3.05, 3.63) is 76.5 Å². The molecule has 1 aromatic carbocycles. The molecule has 1 rings (SSSR count). The first-order chi connectivity index (χ1) is 13.6. The normalized spacial score (nSPS) is 13.4. The second-order valence-electron chi connectivity index (χ2n) is 7.67. The first-order valence-corrected chi connectivity index (χ1v) is 9.67. The summed E-state index contributed by atoms with van der Waals surface area (Å²) in [5.41, 5.74) is 5.67. The van der Waals surface area contributed by atoms with Gasteiger partial charge in [-0.15, -0.1) is 0 Å². The Morgan fingerprint density at radius 2 is 1.76 bits per heavy atom. The molecule has 158 valence electrons. The van der Waals surface area contributed by atoms with Crippen molar-refractivity contribution in [1.29, 1.82) is 0 Å². The van der Waals surface area contributed by atoms with Crippen LogP contribution in [0.25, 0.3) is 0 Å². The van der Waals surface area contributed by atoms with E-state index in [1.807, 2.05) is 33.0 Å². The number of aldehydes is 1. The molecule has 0 aliphatic carbocycles. The quantitative estimate of drug-likeness (QED) is 0.272. The lowest BCUT2D eigenvalue weighted by Crippen LogP contribution is -2.10. The number of aliphatic hydroxyl groups is 1. The number of aliphatic imine (C=N–C) groups is 1. The largest absolute Gasteiger partial charge is 0.392 e. The van der Waals surface area contributed by atoms with Crippen LogP contribution in [0.15, 0.2) is 76.0 Å². The lowest BCUT2D eigenvalue weighted by atomic mass is 9.87. The Hall–Kier alpha value is -2.72. The zero-order valence-electron chi connectivity index (χ0n) is 18.9. The molecule has 0 saturated heterocycles. The van der Waals surface area contributed by atoms with Gasteiger partial charge in [-0.2, -0.15) is 0 Å². The van der Waals surface area contributed by atoms with E-state index in [1.165, 1.54) is 11.3 Å². The van der Waals surface area contributed by atoms with Crippen LogP contribution in [0.3, 0.4) is 0 Å². The number of hydrogen-bond donors (Lipinski definition) is 2. The number of hydrogen-bond acceptors (Lipinski definition) is 4. The maximum Gasteiger partial charge on any atom is 0.145 e. The van der Waals surface area contributed by atoms with Crippen LogP contribution in [0.4, 0.5) is 5.69 Å². The molecule has 0 spiro atoms. The molecule has 0 aliphatic heterocycles. The molecule has 0 fully saturated rings. The molecule has 0 aromatic heterocycles. The van der Waals surface area contributed by atoms with E-state index in [2.05, 4.69) is 62.1 Å². The number of rotatable bonds is 7. The third-order valence-electron chi connectivity index (χ3n) is 4.21. The minimum absolute atomic E-state index is 0.0388. The number of carbonyl (C=O) groups excluding carboxylic acids is 1. The fourth-order valence-corrected chi connectivity index (χ4v) is 2.31. The van der Waals surface area contributed by atoms with E-state index >= 15 is 0 Å². The van der Waals surface area contributed by atoms with Crippen molar-refractivity contribution >= 4 is 18.7 Å². The van der Waals surface area contributed by atoms with Gasteiger partial charge in [-0.25, -0.2) is 0 Å². The maximum atomic E-state index is 10.5. The molecule has 4 heteroatoms. The highest BCUT2D eigenvalue weighted by atomic mass is 16.3. The zero-order chi connectivity index (χ0) is 22.4. The number of benzene rings is 1. The van der Waals surface area contributed by atoms with Crippen LogP contribution in [0, 0.1) is 0 Å². The van der Waals surface area contributed by atoms with Crippen LogP contribution >= 0.6 is 0 Å². The van der Waals surface area contributed by atoms with Gasteiger partial charge in [0.25, 0.3) is 0 Å². The predicted octanol–water partition coefficient (Wildman–Crippen LogP) is 5.63. The predicted molar refractivity (Wildman–Crippen MR) is 127 cm³/mol. The van der Waals surface area contributed by atoms with Gasteiger partial charge in [0.15, 0.2) is 0 Å². The van der Waals surface area contributed by atoms with Crippen LogP contribution in [0.5, 0.6) is 0 Å². The van der Waals surface area contributed by atoms with E-state index in [0.29, 0.717) is 11.3 Å². The molecule has 0 aliphatic rings. The van der Waals surface area contributed by atoms with Gasteiger partial charge in [0.2, 0.25) is 0 Å². The average molecular weight is 397 g/mol. The van der Waals surface area contributed by atoms with Crippen molar-refractivity contribution in [3.8, 4) is 0 Å². The molecule has 29 heavy (non-hydrogen) atoms.